The maximum absolute atomic E-state index is 12.0. The number of rotatable bonds is 5. The van der Waals surface area contributed by atoms with E-state index in [1.165, 1.54) is 4.57 Å². The Morgan fingerprint density at radius 3 is 2.84 bits per heavy atom. The Balaban J connectivity index is 2.02. The minimum absolute atomic E-state index is 0.215. The number of carboxylic acids is 1. The van der Waals surface area contributed by atoms with Gasteiger partial charge in [0.25, 0.3) is 5.91 Å². The van der Waals surface area contributed by atoms with E-state index in [0.29, 0.717) is 12.2 Å². The van der Waals surface area contributed by atoms with Crippen molar-refractivity contribution in [2.75, 3.05) is 0 Å². The summed E-state index contributed by atoms with van der Waals surface area (Å²) in [6, 6.07) is 3.27. The predicted molar refractivity (Wildman–Crippen MR) is 72.3 cm³/mol. The molecular weight excluding hydrogens is 264 g/mol. The van der Waals surface area contributed by atoms with Crippen molar-refractivity contribution in [1.82, 2.24) is 9.88 Å². The molecule has 0 fully saturated rings. The van der Waals surface area contributed by atoms with E-state index in [2.05, 4.69) is 5.32 Å². The highest BCUT2D eigenvalue weighted by Crippen LogP contribution is 2.13. The fraction of sp³-hybridized carbons (Fsp3) is 0.231. The molecule has 0 saturated heterocycles. The van der Waals surface area contributed by atoms with Gasteiger partial charge in [0, 0.05) is 12.7 Å². The average Bonchev–Trinajstić information content (AvgIpc) is 2.95. The van der Waals surface area contributed by atoms with Gasteiger partial charge in [0.2, 0.25) is 0 Å². The molecule has 0 saturated carbocycles. The number of carbonyl (C=O) groups is 2. The van der Waals surface area contributed by atoms with Crippen molar-refractivity contribution in [3.8, 4) is 0 Å². The normalized spacial score (nSPS) is 10.4. The zero-order valence-corrected chi connectivity index (χ0v) is 11.2. The Hall–Kier alpha value is -2.08. The summed E-state index contributed by atoms with van der Waals surface area (Å²) in [6.45, 7) is 2.23. The van der Waals surface area contributed by atoms with E-state index in [4.69, 9.17) is 5.11 Å². The van der Waals surface area contributed by atoms with Crippen molar-refractivity contribution in [1.29, 1.82) is 0 Å². The van der Waals surface area contributed by atoms with Crippen molar-refractivity contribution in [2.45, 2.75) is 20.0 Å². The molecule has 2 aromatic heterocycles. The molecule has 100 valence electrons. The lowest BCUT2D eigenvalue weighted by molar-refractivity contribution is -0.137. The SMILES string of the molecule is Cc1cscc1CNC(=O)c1cccn1CC(=O)O. The van der Waals surface area contributed by atoms with Gasteiger partial charge in [0.1, 0.15) is 12.2 Å². The molecular formula is C13H14N2O3S. The minimum Gasteiger partial charge on any atom is -0.480 e. The second kappa shape index (κ2) is 5.71. The van der Waals surface area contributed by atoms with Crippen molar-refractivity contribution >= 4 is 23.2 Å². The number of amides is 1. The van der Waals surface area contributed by atoms with Gasteiger partial charge in [-0.05, 0) is 40.9 Å². The van der Waals surface area contributed by atoms with Crippen LogP contribution in [-0.2, 0) is 17.9 Å². The molecule has 2 rings (SSSR count). The highest BCUT2D eigenvalue weighted by molar-refractivity contribution is 7.08. The van der Waals surface area contributed by atoms with Gasteiger partial charge in [-0.25, -0.2) is 0 Å². The van der Waals surface area contributed by atoms with Gasteiger partial charge in [-0.3, -0.25) is 9.59 Å². The van der Waals surface area contributed by atoms with Crippen LogP contribution in [0.15, 0.2) is 29.1 Å². The van der Waals surface area contributed by atoms with Gasteiger partial charge < -0.3 is 15.0 Å². The Labute approximate surface area is 114 Å². The monoisotopic (exact) mass is 278 g/mol. The molecule has 6 heteroatoms. The summed E-state index contributed by atoms with van der Waals surface area (Å²) in [5.74, 6) is -1.24. The Morgan fingerprint density at radius 2 is 2.21 bits per heavy atom. The summed E-state index contributed by atoms with van der Waals surface area (Å²) in [5.41, 5.74) is 2.58. The second-order valence-electron chi connectivity index (χ2n) is 4.18. The summed E-state index contributed by atoms with van der Waals surface area (Å²) >= 11 is 1.59. The molecule has 0 aliphatic rings. The molecule has 0 atom stereocenters. The van der Waals surface area contributed by atoms with Crippen LogP contribution in [-0.4, -0.2) is 21.6 Å². The van der Waals surface area contributed by atoms with Crippen LogP contribution < -0.4 is 5.32 Å². The number of aliphatic carboxylic acids is 1. The lowest BCUT2D eigenvalue weighted by Crippen LogP contribution is -2.26. The van der Waals surface area contributed by atoms with Crippen LogP contribution in [0.5, 0.6) is 0 Å². The van der Waals surface area contributed by atoms with Crippen LogP contribution in [0.3, 0.4) is 0 Å². The maximum atomic E-state index is 12.0. The van der Waals surface area contributed by atoms with Crippen LogP contribution in [0, 0.1) is 6.92 Å². The molecule has 0 unspecified atom stereocenters. The largest absolute Gasteiger partial charge is 0.480 e. The fourth-order valence-electron chi connectivity index (χ4n) is 1.74. The van der Waals surface area contributed by atoms with Gasteiger partial charge in [-0.15, -0.1) is 0 Å². The molecule has 0 aromatic carbocycles. The molecule has 0 bridgehead atoms. The Kier molecular flexibility index (Phi) is 4.01. The van der Waals surface area contributed by atoms with Crippen molar-refractivity contribution < 1.29 is 14.7 Å². The molecule has 2 heterocycles. The summed E-state index contributed by atoms with van der Waals surface area (Å²) < 4.78 is 1.41. The summed E-state index contributed by atoms with van der Waals surface area (Å²) in [4.78, 5) is 22.7. The predicted octanol–water partition coefficient (Wildman–Crippen LogP) is 1.87. The lowest BCUT2D eigenvalue weighted by atomic mass is 10.2. The summed E-state index contributed by atoms with van der Waals surface area (Å²) in [7, 11) is 0. The summed E-state index contributed by atoms with van der Waals surface area (Å²) in [5, 5.41) is 15.6. The average molecular weight is 278 g/mol. The standard InChI is InChI=1S/C13H14N2O3S/c1-9-7-19-8-10(9)5-14-13(18)11-3-2-4-15(11)6-12(16)17/h2-4,7-8H,5-6H2,1H3,(H,14,18)(H,16,17). The van der Waals surface area contributed by atoms with E-state index >= 15 is 0 Å². The highest BCUT2D eigenvalue weighted by atomic mass is 32.1. The molecule has 0 aliphatic carbocycles. The molecule has 1 amide bonds. The third-order valence-electron chi connectivity index (χ3n) is 2.77. The Morgan fingerprint density at radius 1 is 1.42 bits per heavy atom. The smallest absolute Gasteiger partial charge is 0.323 e. The lowest BCUT2D eigenvalue weighted by Gasteiger charge is -2.07. The van der Waals surface area contributed by atoms with Crippen LogP contribution in [0.2, 0.25) is 0 Å². The number of aryl methyl sites for hydroxylation is 1. The van der Waals surface area contributed by atoms with E-state index in [-0.39, 0.29) is 12.5 Å². The number of aromatic nitrogens is 1. The maximum Gasteiger partial charge on any atom is 0.323 e. The van der Waals surface area contributed by atoms with Crippen molar-refractivity contribution in [2.24, 2.45) is 0 Å². The quantitative estimate of drug-likeness (QED) is 0.877. The van der Waals surface area contributed by atoms with Crippen LogP contribution in [0.25, 0.3) is 0 Å². The highest BCUT2D eigenvalue weighted by Gasteiger charge is 2.12. The van der Waals surface area contributed by atoms with Gasteiger partial charge >= 0.3 is 5.97 Å². The molecule has 0 spiro atoms. The number of hydrogen-bond donors (Lipinski definition) is 2. The van der Waals surface area contributed by atoms with E-state index in [9.17, 15) is 9.59 Å². The first-order valence-corrected chi connectivity index (χ1v) is 6.69. The molecule has 0 aliphatic heterocycles. The minimum atomic E-state index is -0.973. The zero-order valence-electron chi connectivity index (χ0n) is 10.4. The van der Waals surface area contributed by atoms with E-state index in [1.807, 2.05) is 17.7 Å². The molecule has 0 radical (unpaired) electrons. The molecule has 19 heavy (non-hydrogen) atoms. The van der Waals surface area contributed by atoms with E-state index in [1.54, 1.807) is 29.7 Å². The number of nitrogens with zero attached hydrogens (tertiary/aromatic N) is 1. The van der Waals surface area contributed by atoms with Crippen molar-refractivity contribution in [3.63, 3.8) is 0 Å². The first-order valence-electron chi connectivity index (χ1n) is 5.74. The number of carbonyl (C=O) groups excluding carboxylic acids is 1. The van der Waals surface area contributed by atoms with Gasteiger partial charge in [-0.2, -0.15) is 11.3 Å². The van der Waals surface area contributed by atoms with Crippen LogP contribution >= 0.6 is 11.3 Å². The van der Waals surface area contributed by atoms with Crippen LogP contribution in [0.4, 0.5) is 0 Å². The number of nitrogens with one attached hydrogen (secondary N) is 1. The molecule has 2 N–H and O–H groups in total. The first-order chi connectivity index (χ1) is 9.08. The number of carboxylic acid groups (broad SMARTS) is 1. The first kappa shape index (κ1) is 13.4. The van der Waals surface area contributed by atoms with E-state index in [0.717, 1.165) is 11.1 Å². The van der Waals surface area contributed by atoms with Gasteiger partial charge in [0.05, 0.1) is 0 Å². The topological polar surface area (TPSA) is 71.3 Å². The number of hydrogen-bond acceptors (Lipinski definition) is 3. The fourth-order valence-corrected chi connectivity index (χ4v) is 2.59. The third-order valence-corrected chi connectivity index (χ3v) is 3.68. The summed E-state index contributed by atoms with van der Waals surface area (Å²) in [6.07, 6.45) is 1.58. The number of thiophene rings is 1. The van der Waals surface area contributed by atoms with Crippen LogP contribution in [0.1, 0.15) is 21.6 Å². The van der Waals surface area contributed by atoms with Crippen molar-refractivity contribution in [3.05, 3.63) is 45.9 Å². The Bertz CT molecular complexity index is 601. The zero-order chi connectivity index (χ0) is 13.8. The molecule has 2 aromatic rings. The third kappa shape index (κ3) is 3.23. The molecule has 5 nitrogen and oxygen atoms in total. The van der Waals surface area contributed by atoms with E-state index < -0.39 is 5.97 Å². The second-order valence-corrected chi connectivity index (χ2v) is 4.92. The van der Waals surface area contributed by atoms with Gasteiger partial charge in [-0.1, -0.05) is 0 Å². The van der Waals surface area contributed by atoms with Gasteiger partial charge in [0.15, 0.2) is 0 Å².